The molecule has 108 valence electrons. The van der Waals surface area contributed by atoms with E-state index in [0.29, 0.717) is 25.2 Å². The van der Waals surface area contributed by atoms with Crippen LogP contribution in [0.2, 0.25) is 0 Å². The third-order valence-corrected chi connectivity index (χ3v) is 2.71. The van der Waals surface area contributed by atoms with E-state index in [1.165, 1.54) is 0 Å². The van der Waals surface area contributed by atoms with E-state index < -0.39 is 17.9 Å². The lowest BCUT2D eigenvalue weighted by Crippen LogP contribution is -2.43. The highest BCUT2D eigenvalue weighted by atomic mass is 16.4. The third kappa shape index (κ3) is 8.78. The van der Waals surface area contributed by atoms with Crippen LogP contribution in [0.5, 0.6) is 0 Å². The minimum Gasteiger partial charge on any atom is -0.478 e. The lowest BCUT2D eigenvalue weighted by atomic mass is 10.2. The van der Waals surface area contributed by atoms with Crippen molar-refractivity contribution in [3.05, 3.63) is 12.2 Å². The van der Waals surface area contributed by atoms with Crippen LogP contribution in [0.25, 0.3) is 0 Å². The Balaban J connectivity index is 3.88. The number of hydrogen-bond acceptors (Lipinski definition) is 4. The minimum absolute atomic E-state index is 0.405. The van der Waals surface area contributed by atoms with Crippen LogP contribution < -0.4 is 10.6 Å². The minimum atomic E-state index is -1.24. The van der Waals surface area contributed by atoms with Crippen molar-refractivity contribution in [2.75, 3.05) is 20.1 Å². The molecule has 0 rings (SSSR count). The number of urea groups is 1. The Morgan fingerprint density at radius 3 is 2.47 bits per heavy atom. The number of hydrogen-bond donors (Lipinski definition) is 3. The molecule has 3 amide bonds. The molecule has 0 aromatic heterocycles. The maximum Gasteiger partial charge on any atom is 0.328 e. The molecule has 0 aromatic carbocycles. The number of nitrogens with one attached hydrogen (secondary N) is 2. The number of nitrogens with zero attached hydrogens (tertiary/aromatic N) is 1. The van der Waals surface area contributed by atoms with E-state index in [0.717, 1.165) is 12.5 Å². The molecule has 0 aromatic rings. The molecule has 0 aliphatic heterocycles. The molecule has 0 saturated heterocycles. The number of likely N-dealkylation sites (N-methyl/N-ethyl adjacent to an activating group) is 1. The maximum atomic E-state index is 11.3. The van der Waals surface area contributed by atoms with E-state index in [1.807, 2.05) is 12.4 Å². The second-order valence-electron chi connectivity index (χ2n) is 4.15. The summed E-state index contributed by atoms with van der Waals surface area (Å²) >= 11 is 0. The molecule has 0 aliphatic rings. The number of carbonyl (C=O) groups is 3. The van der Waals surface area contributed by atoms with E-state index in [2.05, 4.69) is 24.1 Å². The Hall–Kier alpha value is -1.89. The van der Waals surface area contributed by atoms with Gasteiger partial charge in [-0.2, -0.15) is 0 Å². The van der Waals surface area contributed by atoms with Crippen LogP contribution in [-0.2, 0) is 9.59 Å². The monoisotopic (exact) mass is 271 g/mol. The largest absolute Gasteiger partial charge is 0.478 e. The zero-order chi connectivity index (χ0) is 14.8. The first-order valence-electron chi connectivity index (χ1n) is 6.06. The highest BCUT2D eigenvalue weighted by Gasteiger charge is 2.08. The Kier molecular flexibility index (Phi) is 8.19. The van der Waals surface area contributed by atoms with Crippen LogP contribution in [0, 0.1) is 0 Å². The van der Waals surface area contributed by atoms with Crippen LogP contribution in [0.15, 0.2) is 12.2 Å². The predicted molar refractivity (Wildman–Crippen MR) is 70.7 cm³/mol. The average Bonchev–Trinajstić information content (AvgIpc) is 2.35. The molecule has 0 radical (unpaired) electrons. The van der Waals surface area contributed by atoms with Gasteiger partial charge in [-0.3, -0.25) is 10.1 Å². The molecule has 0 heterocycles. The lowest BCUT2D eigenvalue weighted by molar-refractivity contribution is -0.131. The SMILES string of the molecule is CCC(C)N(C)CCNC(=O)NC(=O)/C=C/C(=O)O. The standard InChI is InChI=1S/C12H21N3O4/c1-4-9(2)15(3)8-7-13-12(19)14-10(16)5-6-11(17)18/h5-6,9H,4,7-8H2,1-3H3,(H,17,18)(H2,13,14,16,19)/b6-5+. The van der Waals surface area contributed by atoms with Crippen molar-refractivity contribution < 1.29 is 19.5 Å². The van der Waals surface area contributed by atoms with Crippen molar-refractivity contribution in [3.63, 3.8) is 0 Å². The van der Waals surface area contributed by atoms with Crippen molar-refractivity contribution in [2.24, 2.45) is 0 Å². The molecule has 7 nitrogen and oxygen atoms in total. The van der Waals surface area contributed by atoms with Gasteiger partial charge in [0.15, 0.2) is 0 Å². The molecule has 19 heavy (non-hydrogen) atoms. The first kappa shape index (κ1) is 17.1. The van der Waals surface area contributed by atoms with Crippen LogP contribution in [0.3, 0.4) is 0 Å². The molecule has 1 atom stereocenters. The zero-order valence-electron chi connectivity index (χ0n) is 11.5. The topological polar surface area (TPSA) is 98.7 Å². The van der Waals surface area contributed by atoms with Gasteiger partial charge in [0.05, 0.1) is 0 Å². The molecule has 0 spiro atoms. The molecular weight excluding hydrogens is 250 g/mol. The van der Waals surface area contributed by atoms with Gasteiger partial charge < -0.3 is 15.3 Å². The van der Waals surface area contributed by atoms with Crippen molar-refractivity contribution in [1.29, 1.82) is 0 Å². The van der Waals surface area contributed by atoms with Gasteiger partial charge in [0.25, 0.3) is 5.91 Å². The normalized spacial score (nSPS) is 12.4. The molecule has 0 aliphatic carbocycles. The molecule has 3 N–H and O–H groups in total. The molecule has 0 bridgehead atoms. The fourth-order valence-corrected chi connectivity index (χ4v) is 1.22. The molecule has 0 fully saturated rings. The smallest absolute Gasteiger partial charge is 0.328 e. The van der Waals surface area contributed by atoms with E-state index in [1.54, 1.807) is 0 Å². The Bertz CT molecular complexity index is 355. The highest BCUT2D eigenvalue weighted by Crippen LogP contribution is 1.97. The number of carboxylic acids is 1. The summed E-state index contributed by atoms with van der Waals surface area (Å²) in [6.45, 7) is 5.24. The van der Waals surface area contributed by atoms with E-state index in [9.17, 15) is 14.4 Å². The lowest BCUT2D eigenvalue weighted by Gasteiger charge is -2.23. The number of amides is 3. The van der Waals surface area contributed by atoms with E-state index in [-0.39, 0.29) is 0 Å². The van der Waals surface area contributed by atoms with Crippen LogP contribution >= 0.6 is 0 Å². The van der Waals surface area contributed by atoms with Gasteiger partial charge in [0.2, 0.25) is 0 Å². The quantitative estimate of drug-likeness (QED) is 0.574. The average molecular weight is 271 g/mol. The van der Waals surface area contributed by atoms with Gasteiger partial charge in [-0.25, -0.2) is 9.59 Å². The van der Waals surface area contributed by atoms with Crippen LogP contribution in [0.4, 0.5) is 4.79 Å². The van der Waals surface area contributed by atoms with Crippen LogP contribution in [-0.4, -0.2) is 54.1 Å². The second kappa shape index (κ2) is 9.09. The van der Waals surface area contributed by atoms with Gasteiger partial charge in [-0.1, -0.05) is 6.92 Å². The summed E-state index contributed by atoms with van der Waals surface area (Å²) in [4.78, 5) is 34.6. The number of imide groups is 1. The van der Waals surface area contributed by atoms with Gasteiger partial charge in [-0.05, 0) is 20.4 Å². The summed E-state index contributed by atoms with van der Waals surface area (Å²) in [7, 11) is 1.95. The summed E-state index contributed by atoms with van der Waals surface area (Å²) in [5.74, 6) is -2.01. The summed E-state index contributed by atoms with van der Waals surface area (Å²) in [5.41, 5.74) is 0. The molecule has 1 unspecified atom stereocenters. The van der Waals surface area contributed by atoms with Crippen LogP contribution in [0.1, 0.15) is 20.3 Å². The summed E-state index contributed by atoms with van der Waals surface area (Å²) in [6, 6.07) is -0.220. The van der Waals surface area contributed by atoms with E-state index >= 15 is 0 Å². The Morgan fingerprint density at radius 2 is 1.95 bits per heavy atom. The second-order valence-corrected chi connectivity index (χ2v) is 4.15. The Labute approximate surface area is 112 Å². The Morgan fingerprint density at radius 1 is 1.32 bits per heavy atom. The van der Waals surface area contributed by atoms with Gasteiger partial charge in [-0.15, -0.1) is 0 Å². The molecule has 7 heteroatoms. The van der Waals surface area contributed by atoms with Gasteiger partial charge in [0, 0.05) is 31.3 Å². The number of carboxylic acid groups (broad SMARTS) is 1. The molecular formula is C12H21N3O4. The molecule has 0 saturated carbocycles. The van der Waals surface area contributed by atoms with E-state index in [4.69, 9.17) is 5.11 Å². The fraction of sp³-hybridized carbons (Fsp3) is 0.583. The van der Waals surface area contributed by atoms with Crippen molar-refractivity contribution in [1.82, 2.24) is 15.5 Å². The summed E-state index contributed by atoms with van der Waals surface area (Å²) in [6.07, 6.45) is 2.47. The van der Waals surface area contributed by atoms with Crippen molar-refractivity contribution in [3.8, 4) is 0 Å². The number of carbonyl (C=O) groups excluding carboxylic acids is 2. The first-order valence-corrected chi connectivity index (χ1v) is 6.06. The predicted octanol–water partition coefficient (Wildman–Crippen LogP) is 0.183. The van der Waals surface area contributed by atoms with Crippen molar-refractivity contribution in [2.45, 2.75) is 26.3 Å². The summed E-state index contributed by atoms with van der Waals surface area (Å²) in [5, 5.41) is 12.8. The number of rotatable bonds is 7. The summed E-state index contributed by atoms with van der Waals surface area (Å²) < 4.78 is 0. The fourth-order valence-electron chi connectivity index (χ4n) is 1.22. The van der Waals surface area contributed by atoms with Gasteiger partial charge in [0.1, 0.15) is 0 Å². The van der Waals surface area contributed by atoms with Crippen molar-refractivity contribution >= 4 is 17.9 Å². The van der Waals surface area contributed by atoms with Gasteiger partial charge >= 0.3 is 12.0 Å². The first-order chi connectivity index (χ1) is 8.86. The number of aliphatic carboxylic acids is 1. The highest BCUT2D eigenvalue weighted by molar-refractivity contribution is 6.02. The maximum absolute atomic E-state index is 11.3. The zero-order valence-corrected chi connectivity index (χ0v) is 11.5. The third-order valence-electron chi connectivity index (χ3n) is 2.71.